The minimum absolute atomic E-state index is 0.199. The first-order chi connectivity index (χ1) is 7.52. The molecule has 1 aromatic rings. The molecular weight excluding hydrogens is 222 g/mol. The van der Waals surface area contributed by atoms with Gasteiger partial charge in [0.15, 0.2) is 0 Å². The van der Waals surface area contributed by atoms with Crippen LogP contribution in [-0.2, 0) is 6.42 Å². The number of rotatable bonds is 5. The van der Waals surface area contributed by atoms with Gasteiger partial charge in [-0.15, -0.1) is 0 Å². The Hall–Kier alpha value is -0.730. The van der Waals surface area contributed by atoms with Gasteiger partial charge in [0.2, 0.25) is 0 Å². The van der Waals surface area contributed by atoms with Crippen LogP contribution in [0, 0.1) is 5.92 Å². The van der Waals surface area contributed by atoms with Crippen LogP contribution in [0.2, 0.25) is 5.02 Å². The summed E-state index contributed by atoms with van der Waals surface area (Å²) < 4.78 is 5.11. The van der Waals surface area contributed by atoms with E-state index in [1.54, 1.807) is 7.11 Å². The molecule has 0 saturated heterocycles. The number of methoxy groups -OCH3 is 1. The maximum atomic E-state index is 6.05. The van der Waals surface area contributed by atoms with Crippen molar-refractivity contribution in [2.45, 2.75) is 32.7 Å². The molecule has 0 radical (unpaired) electrons. The molecule has 1 aromatic carbocycles. The molecule has 0 amide bonds. The summed E-state index contributed by atoms with van der Waals surface area (Å²) in [5.74, 6) is 1.34. The minimum Gasteiger partial charge on any atom is -0.495 e. The molecule has 0 aromatic heterocycles. The van der Waals surface area contributed by atoms with Gasteiger partial charge in [0.1, 0.15) is 5.75 Å². The van der Waals surface area contributed by atoms with E-state index in [4.69, 9.17) is 22.1 Å². The second-order valence-corrected chi connectivity index (χ2v) is 4.97. The van der Waals surface area contributed by atoms with E-state index in [2.05, 4.69) is 13.8 Å². The third-order valence-corrected chi connectivity index (χ3v) is 2.78. The summed E-state index contributed by atoms with van der Waals surface area (Å²) in [5, 5.41) is 0.650. The average Bonchev–Trinajstić information content (AvgIpc) is 2.16. The zero-order valence-electron chi connectivity index (χ0n) is 10.2. The number of hydrogen-bond acceptors (Lipinski definition) is 2. The number of nitrogens with two attached hydrogens (primary N) is 1. The van der Waals surface area contributed by atoms with Crippen molar-refractivity contribution in [3.05, 3.63) is 28.8 Å². The van der Waals surface area contributed by atoms with Gasteiger partial charge >= 0.3 is 0 Å². The lowest BCUT2D eigenvalue weighted by Crippen LogP contribution is -2.24. The molecule has 0 fully saturated rings. The molecule has 2 nitrogen and oxygen atoms in total. The molecule has 0 aliphatic carbocycles. The fourth-order valence-electron chi connectivity index (χ4n) is 1.83. The van der Waals surface area contributed by atoms with Crippen LogP contribution in [0.3, 0.4) is 0 Å². The highest BCUT2D eigenvalue weighted by Crippen LogP contribution is 2.25. The molecule has 90 valence electrons. The average molecular weight is 242 g/mol. The lowest BCUT2D eigenvalue weighted by Gasteiger charge is -2.14. The lowest BCUT2D eigenvalue weighted by molar-refractivity contribution is 0.414. The van der Waals surface area contributed by atoms with Crippen LogP contribution in [0.5, 0.6) is 5.75 Å². The van der Waals surface area contributed by atoms with E-state index in [0.717, 1.165) is 12.8 Å². The first-order valence-corrected chi connectivity index (χ1v) is 5.98. The second kappa shape index (κ2) is 6.12. The van der Waals surface area contributed by atoms with Gasteiger partial charge in [-0.25, -0.2) is 0 Å². The zero-order valence-corrected chi connectivity index (χ0v) is 10.9. The molecule has 0 saturated carbocycles. The molecular formula is C13H20ClNO. The van der Waals surface area contributed by atoms with Crippen LogP contribution in [-0.4, -0.2) is 13.2 Å². The molecule has 0 bridgehead atoms. The highest BCUT2D eigenvalue weighted by Gasteiger charge is 2.08. The van der Waals surface area contributed by atoms with Gasteiger partial charge in [-0.05, 0) is 36.5 Å². The number of ether oxygens (including phenoxy) is 1. The molecule has 1 rings (SSSR count). The summed E-state index contributed by atoms with van der Waals surface area (Å²) in [4.78, 5) is 0. The first kappa shape index (κ1) is 13.3. The van der Waals surface area contributed by atoms with Gasteiger partial charge < -0.3 is 10.5 Å². The highest BCUT2D eigenvalue weighted by atomic mass is 35.5. The van der Waals surface area contributed by atoms with Gasteiger partial charge in [0.05, 0.1) is 12.1 Å². The Morgan fingerprint density at radius 3 is 2.56 bits per heavy atom. The van der Waals surface area contributed by atoms with Crippen molar-refractivity contribution in [3.8, 4) is 5.75 Å². The quantitative estimate of drug-likeness (QED) is 0.859. The number of benzene rings is 1. The van der Waals surface area contributed by atoms with E-state index in [-0.39, 0.29) is 6.04 Å². The second-order valence-electron chi connectivity index (χ2n) is 4.56. The molecule has 2 N–H and O–H groups in total. The van der Waals surface area contributed by atoms with Crippen molar-refractivity contribution in [2.24, 2.45) is 11.7 Å². The third-order valence-electron chi connectivity index (χ3n) is 2.49. The molecule has 3 heteroatoms. The van der Waals surface area contributed by atoms with Crippen molar-refractivity contribution >= 4 is 11.6 Å². The van der Waals surface area contributed by atoms with Crippen molar-refractivity contribution < 1.29 is 4.74 Å². The Bertz CT molecular complexity index is 339. The molecule has 1 atom stereocenters. The zero-order chi connectivity index (χ0) is 12.1. The Morgan fingerprint density at radius 2 is 2.06 bits per heavy atom. The van der Waals surface area contributed by atoms with Crippen LogP contribution >= 0.6 is 11.6 Å². The molecule has 0 heterocycles. The van der Waals surface area contributed by atoms with Gasteiger partial charge in [0, 0.05) is 6.04 Å². The Kier molecular flexibility index (Phi) is 5.10. The molecule has 0 aliphatic heterocycles. The normalized spacial score (nSPS) is 12.9. The van der Waals surface area contributed by atoms with Gasteiger partial charge in [0.25, 0.3) is 0 Å². The van der Waals surface area contributed by atoms with Crippen LogP contribution in [0.1, 0.15) is 25.8 Å². The Morgan fingerprint density at radius 1 is 1.38 bits per heavy atom. The predicted molar refractivity (Wildman–Crippen MR) is 69.1 cm³/mol. The SMILES string of the molecule is COc1ccc(CC(N)CC(C)C)cc1Cl. The van der Waals surface area contributed by atoms with Crippen molar-refractivity contribution in [1.29, 1.82) is 0 Å². The fourth-order valence-corrected chi connectivity index (χ4v) is 2.11. The smallest absolute Gasteiger partial charge is 0.137 e. The van der Waals surface area contributed by atoms with Gasteiger partial charge in [-0.3, -0.25) is 0 Å². The van der Waals surface area contributed by atoms with Crippen LogP contribution in [0.4, 0.5) is 0 Å². The molecule has 16 heavy (non-hydrogen) atoms. The fraction of sp³-hybridized carbons (Fsp3) is 0.538. The predicted octanol–water partition coefficient (Wildman–Crippen LogP) is 3.26. The lowest BCUT2D eigenvalue weighted by atomic mass is 9.98. The van der Waals surface area contributed by atoms with Crippen molar-refractivity contribution in [2.75, 3.05) is 7.11 Å². The Balaban J connectivity index is 2.64. The standard InChI is InChI=1S/C13H20ClNO/c1-9(2)6-11(15)7-10-4-5-13(16-3)12(14)8-10/h4-5,8-9,11H,6-7,15H2,1-3H3. The van der Waals surface area contributed by atoms with Crippen LogP contribution < -0.4 is 10.5 Å². The number of halogens is 1. The monoisotopic (exact) mass is 241 g/mol. The van der Waals surface area contributed by atoms with Gasteiger partial charge in [-0.2, -0.15) is 0 Å². The highest BCUT2D eigenvalue weighted by molar-refractivity contribution is 6.32. The maximum absolute atomic E-state index is 6.05. The van der Waals surface area contributed by atoms with Gasteiger partial charge in [-0.1, -0.05) is 31.5 Å². The summed E-state index contributed by atoms with van der Waals surface area (Å²) in [6.07, 6.45) is 1.89. The van der Waals surface area contributed by atoms with Crippen molar-refractivity contribution in [1.82, 2.24) is 0 Å². The number of hydrogen-bond donors (Lipinski definition) is 1. The minimum atomic E-state index is 0.199. The van der Waals surface area contributed by atoms with E-state index in [9.17, 15) is 0 Å². The third kappa shape index (κ3) is 4.03. The summed E-state index contributed by atoms with van der Waals surface area (Å²) >= 11 is 6.05. The van der Waals surface area contributed by atoms with Crippen LogP contribution in [0.25, 0.3) is 0 Å². The van der Waals surface area contributed by atoms with Crippen molar-refractivity contribution in [3.63, 3.8) is 0 Å². The summed E-state index contributed by atoms with van der Waals surface area (Å²) in [5.41, 5.74) is 7.22. The molecule has 0 aliphatic rings. The summed E-state index contributed by atoms with van der Waals surface area (Å²) in [7, 11) is 1.62. The maximum Gasteiger partial charge on any atom is 0.137 e. The summed E-state index contributed by atoms with van der Waals surface area (Å²) in [6, 6.07) is 6.04. The van der Waals surface area contributed by atoms with Crippen LogP contribution in [0.15, 0.2) is 18.2 Å². The van der Waals surface area contributed by atoms with E-state index in [1.807, 2.05) is 18.2 Å². The largest absolute Gasteiger partial charge is 0.495 e. The van der Waals surface area contributed by atoms with E-state index in [1.165, 1.54) is 5.56 Å². The Labute approximate surface area is 103 Å². The van der Waals surface area contributed by atoms with E-state index in [0.29, 0.717) is 16.7 Å². The van der Waals surface area contributed by atoms with E-state index >= 15 is 0 Å². The molecule has 1 unspecified atom stereocenters. The summed E-state index contributed by atoms with van der Waals surface area (Å²) in [6.45, 7) is 4.36. The molecule has 0 spiro atoms. The topological polar surface area (TPSA) is 35.2 Å². The van der Waals surface area contributed by atoms with E-state index < -0.39 is 0 Å². The first-order valence-electron chi connectivity index (χ1n) is 5.61.